The molecule has 3 heteroatoms. The number of hydrogen-bond acceptors (Lipinski definition) is 3. The Labute approximate surface area is 100 Å². The summed E-state index contributed by atoms with van der Waals surface area (Å²) in [6.07, 6.45) is 6.53. The summed E-state index contributed by atoms with van der Waals surface area (Å²) < 4.78 is 5.39. The van der Waals surface area contributed by atoms with Crippen molar-refractivity contribution in [2.75, 3.05) is 0 Å². The van der Waals surface area contributed by atoms with Gasteiger partial charge in [0.15, 0.2) is 5.78 Å². The molecule has 0 saturated heterocycles. The summed E-state index contributed by atoms with van der Waals surface area (Å²) in [5, 5.41) is 10.7. The van der Waals surface area contributed by atoms with Crippen molar-refractivity contribution in [3.8, 4) is 0 Å². The topological polar surface area (TPSA) is 50.4 Å². The van der Waals surface area contributed by atoms with E-state index in [0.717, 1.165) is 24.8 Å². The van der Waals surface area contributed by atoms with Crippen LogP contribution in [-0.2, 0) is 4.79 Å². The number of fused-ring (bicyclic) bond motifs is 1. The van der Waals surface area contributed by atoms with Crippen molar-refractivity contribution in [1.29, 1.82) is 0 Å². The molecular formula is C14H16O3. The number of carbonyl (C=O) groups excluding carboxylic acids is 1. The van der Waals surface area contributed by atoms with Crippen LogP contribution < -0.4 is 0 Å². The van der Waals surface area contributed by atoms with Gasteiger partial charge in [-0.1, -0.05) is 19.8 Å². The molecule has 0 bridgehead atoms. The van der Waals surface area contributed by atoms with Crippen molar-refractivity contribution < 1.29 is 14.3 Å². The molecular weight excluding hydrogens is 216 g/mol. The highest BCUT2D eigenvalue weighted by atomic mass is 16.3. The highest BCUT2D eigenvalue weighted by molar-refractivity contribution is 6.09. The lowest BCUT2D eigenvalue weighted by Gasteiger charge is -2.43. The summed E-state index contributed by atoms with van der Waals surface area (Å²) in [5.74, 6) is 0.546. The standard InChI is InChI=1S/C14H16O3/c1-13-6-2-3-7-14(13,16)12(15)9-10(13)11-5-4-8-17-11/h4-5,8-9,16H,2-3,6-7H2,1H3/t13-,14-/m1/s1. The molecule has 3 rings (SSSR count). The zero-order chi connectivity index (χ0) is 12.1. The number of hydrogen-bond donors (Lipinski definition) is 1. The van der Waals surface area contributed by atoms with Gasteiger partial charge in [0.2, 0.25) is 0 Å². The van der Waals surface area contributed by atoms with Gasteiger partial charge >= 0.3 is 0 Å². The van der Waals surface area contributed by atoms with Crippen molar-refractivity contribution in [3.63, 3.8) is 0 Å². The Bertz CT molecular complexity index is 486. The lowest BCUT2D eigenvalue weighted by atomic mass is 9.63. The Kier molecular flexibility index (Phi) is 2.11. The SMILES string of the molecule is C[C@]12CCCC[C@@]1(O)C(=O)C=C2c1ccco1. The number of aliphatic hydroxyl groups is 1. The summed E-state index contributed by atoms with van der Waals surface area (Å²) in [5.41, 5.74) is -0.845. The molecule has 0 radical (unpaired) electrons. The van der Waals surface area contributed by atoms with Crippen molar-refractivity contribution in [2.24, 2.45) is 5.41 Å². The fourth-order valence-corrected chi connectivity index (χ4v) is 3.28. The maximum Gasteiger partial charge on any atom is 0.188 e. The Hall–Kier alpha value is -1.35. The van der Waals surface area contributed by atoms with E-state index in [1.807, 2.05) is 19.1 Å². The van der Waals surface area contributed by atoms with Crippen molar-refractivity contribution >= 4 is 11.4 Å². The molecule has 1 heterocycles. The molecule has 1 saturated carbocycles. The van der Waals surface area contributed by atoms with Gasteiger partial charge in [0.05, 0.1) is 6.26 Å². The van der Waals surface area contributed by atoms with Crippen LogP contribution in [0.5, 0.6) is 0 Å². The first-order chi connectivity index (χ1) is 8.08. The van der Waals surface area contributed by atoms with Gasteiger partial charge in [0.25, 0.3) is 0 Å². The highest BCUT2D eigenvalue weighted by Crippen LogP contribution is 2.56. The van der Waals surface area contributed by atoms with Gasteiger partial charge in [-0.2, -0.15) is 0 Å². The maximum absolute atomic E-state index is 12.1. The van der Waals surface area contributed by atoms with Crippen LogP contribution in [0.2, 0.25) is 0 Å². The van der Waals surface area contributed by atoms with E-state index >= 15 is 0 Å². The lowest BCUT2D eigenvalue weighted by molar-refractivity contribution is -0.144. The number of furan rings is 1. The first-order valence-corrected chi connectivity index (χ1v) is 6.11. The molecule has 0 amide bonds. The molecule has 0 spiro atoms. The van der Waals surface area contributed by atoms with Gasteiger partial charge in [-0.25, -0.2) is 0 Å². The van der Waals surface area contributed by atoms with Crippen LogP contribution in [0, 0.1) is 5.41 Å². The Morgan fingerprint density at radius 2 is 2.12 bits per heavy atom. The molecule has 0 aliphatic heterocycles. The third-order valence-corrected chi connectivity index (χ3v) is 4.44. The first kappa shape index (κ1) is 10.8. The lowest BCUT2D eigenvalue weighted by Crippen LogP contribution is -2.50. The average molecular weight is 232 g/mol. The normalized spacial score (nSPS) is 36.8. The molecule has 1 aromatic heterocycles. The third-order valence-electron chi connectivity index (χ3n) is 4.44. The number of rotatable bonds is 1. The van der Waals surface area contributed by atoms with Crippen LogP contribution >= 0.6 is 0 Å². The molecule has 3 nitrogen and oxygen atoms in total. The molecule has 1 fully saturated rings. The minimum atomic E-state index is -1.21. The van der Waals surface area contributed by atoms with E-state index < -0.39 is 11.0 Å². The molecule has 2 aliphatic rings. The Balaban J connectivity index is 2.12. The number of carbonyl (C=O) groups is 1. The zero-order valence-corrected chi connectivity index (χ0v) is 9.90. The van der Waals surface area contributed by atoms with E-state index in [2.05, 4.69) is 0 Å². The molecule has 2 aliphatic carbocycles. The summed E-state index contributed by atoms with van der Waals surface area (Å²) >= 11 is 0. The van der Waals surface area contributed by atoms with Gasteiger partial charge in [0, 0.05) is 11.0 Å². The summed E-state index contributed by atoms with van der Waals surface area (Å²) in [6, 6.07) is 3.66. The fraction of sp³-hybridized carbons (Fsp3) is 0.500. The van der Waals surface area contributed by atoms with E-state index in [-0.39, 0.29) is 5.78 Å². The molecule has 1 N–H and O–H groups in total. The quantitative estimate of drug-likeness (QED) is 0.809. The Morgan fingerprint density at radius 3 is 2.82 bits per heavy atom. The molecule has 17 heavy (non-hydrogen) atoms. The second-order valence-corrected chi connectivity index (χ2v) is 5.30. The van der Waals surface area contributed by atoms with Gasteiger partial charge in [-0.05, 0) is 31.1 Å². The van der Waals surface area contributed by atoms with E-state index in [4.69, 9.17) is 4.42 Å². The molecule has 1 aromatic rings. The molecule has 0 unspecified atom stereocenters. The summed E-state index contributed by atoms with van der Waals surface area (Å²) in [4.78, 5) is 12.1. The highest BCUT2D eigenvalue weighted by Gasteiger charge is 2.59. The number of ketones is 1. The summed E-state index contributed by atoms with van der Waals surface area (Å²) in [6.45, 7) is 1.98. The predicted octanol–water partition coefficient (Wildman–Crippen LogP) is 2.56. The minimum absolute atomic E-state index is 0.161. The Morgan fingerprint density at radius 1 is 1.35 bits per heavy atom. The largest absolute Gasteiger partial charge is 0.465 e. The van der Waals surface area contributed by atoms with Gasteiger partial charge in [0.1, 0.15) is 11.4 Å². The van der Waals surface area contributed by atoms with Crippen LogP contribution in [0.4, 0.5) is 0 Å². The zero-order valence-electron chi connectivity index (χ0n) is 9.90. The van der Waals surface area contributed by atoms with E-state index in [0.29, 0.717) is 12.2 Å². The first-order valence-electron chi connectivity index (χ1n) is 6.11. The van der Waals surface area contributed by atoms with Crippen LogP contribution in [-0.4, -0.2) is 16.5 Å². The van der Waals surface area contributed by atoms with Crippen LogP contribution in [0.3, 0.4) is 0 Å². The van der Waals surface area contributed by atoms with Crippen LogP contribution in [0.15, 0.2) is 28.9 Å². The third kappa shape index (κ3) is 1.23. The minimum Gasteiger partial charge on any atom is -0.465 e. The van der Waals surface area contributed by atoms with Gasteiger partial charge in [-0.15, -0.1) is 0 Å². The van der Waals surface area contributed by atoms with Crippen LogP contribution in [0.25, 0.3) is 5.57 Å². The van der Waals surface area contributed by atoms with Crippen LogP contribution in [0.1, 0.15) is 38.4 Å². The van der Waals surface area contributed by atoms with Crippen molar-refractivity contribution in [3.05, 3.63) is 30.2 Å². The van der Waals surface area contributed by atoms with Gasteiger partial charge < -0.3 is 9.52 Å². The van der Waals surface area contributed by atoms with Crippen molar-refractivity contribution in [2.45, 2.75) is 38.2 Å². The van der Waals surface area contributed by atoms with Crippen molar-refractivity contribution in [1.82, 2.24) is 0 Å². The molecule has 2 atom stereocenters. The molecule has 0 aromatic carbocycles. The molecule has 90 valence electrons. The second-order valence-electron chi connectivity index (χ2n) is 5.30. The second kappa shape index (κ2) is 3.33. The summed E-state index contributed by atoms with van der Waals surface area (Å²) in [7, 11) is 0. The fourth-order valence-electron chi connectivity index (χ4n) is 3.28. The monoisotopic (exact) mass is 232 g/mol. The van der Waals surface area contributed by atoms with E-state index in [1.54, 1.807) is 12.3 Å². The maximum atomic E-state index is 12.1. The van der Waals surface area contributed by atoms with E-state index in [9.17, 15) is 9.90 Å². The smallest absolute Gasteiger partial charge is 0.188 e. The average Bonchev–Trinajstić information content (AvgIpc) is 2.88. The van der Waals surface area contributed by atoms with E-state index in [1.165, 1.54) is 0 Å². The predicted molar refractivity (Wildman–Crippen MR) is 63.2 cm³/mol. The van der Waals surface area contributed by atoms with Gasteiger partial charge in [-0.3, -0.25) is 4.79 Å².